The minimum absolute atomic E-state index is 0.0461. The molecule has 0 spiro atoms. The first-order valence-electron chi connectivity index (χ1n) is 5.46. The molecule has 4 nitrogen and oxygen atoms in total. The summed E-state index contributed by atoms with van der Waals surface area (Å²) in [5.74, 6) is 2.01. The number of amides is 1. The third-order valence-electron chi connectivity index (χ3n) is 1.79. The number of hydrogen-bond donors (Lipinski definition) is 2. The highest BCUT2D eigenvalue weighted by atomic mass is 32.2. The number of hydrogen-bond acceptors (Lipinski definition) is 4. The summed E-state index contributed by atoms with van der Waals surface area (Å²) < 4.78 is 4.88. The predicted molar refractivity (Wildman–Crippen MR) is 69.9 cm³/mol. The van der Waals surface area contributed by atoms with Gasteiger partial charge in [-0.1, -0.05) is 6.08 Å². The van der Waals surface area contributed by atoms with Crippen LogP contribution in [-0.2, 0) is 9.53 Å². The lowest BCUT2D eigenvalue weighted by atomic mass is 10.4. The van der Waals surface area contributed by atoms with Crippen LogP contribution in [0.2, 0.25) is 0 Å². The third kappa shape index (κ3) is 11.6. The fourth-order valence-corrected chi connectivity index (χ4v) is 1.64. The van der Waals surface area contributed by atoms with E-state index in [-0.39, 0.29) is 5.91 Å². The summed E-state index contributed by atoms with van der Waals surface area (Å²) in [6.07, 6.45) is 2.74. The maximum atomic E-state index is 11.3. The second kappa shape index (κ2) is 12.5. The van der Waals surface area contributed by atoms with Gasteiger partial charge in [0.25, 0.3) is 0 Å². The Bertz CT molecular complexity index is 189. The van der Waals surface area contributed by atoms with Crippen molar-refractivity contribution in [1.82, 2.24) is 10.6 Å². The predicted octanol–water partition coefficient (Wildman–Crippen LogP) is 0.648. The third-order valence-corrected chi connectivity index (χ3v) is 2.76. The lowest BCUT2D eigenvalue weighted by molar-refractivity contribution is -0.120. The van der Waals surface area contributed by atoms with E-state index in [1.165, 1.54) is 0 Å². The SMILES string of the molecule is C=CCSCCNCC(=O)NCCCOC. The van der Waals surface area contributed by atoms with Gasteiger partial charge in [-0.25, -0.2) is 0 Å². The minimum Gasteiger partial charge on any atom is -0.385 e. The van der Waals surface area contributed by atoms with Gasteiger partial charge < -0.3 is 15.4 Å². The number of ether oxygens (including phenoxy) is 1. The Hall–Kier alpha value is -0.520. The molecule has 0 unspecified atom stereocenters. The molecule has 0 aliphatic carbocycles. The van der Waals surface area contributed by atoms with Crippen molar-refractivity contribution in [2.24, 2.45) is 0 Å². The van der Waals surface area contributed by atoms with Gasteiger partial charge in [-0.3, -0.25) is 4.79 Å². The average molecular weight is 246 g/mol. The number of nitrogens with one attached hydrogen (secondary N) is 2. The topological polar surface area (TPSA) is 50.4 Å². The Morgan fingerprint density at radius 2 is 2.31 bits per heavy atom. The van der Waals surface area contributed by atoms with Crippen LogP contribution in [0.5, 0.6) is 0 Å². The molecule has 0 aliphatic rings. The van der Waals surface area contributed by atoms with Crippen molar-refractivity contribution in [3.8, 4) is 0 Å². The number of rotatable bonds is 11. The molecule has 94 valence electrons. The van der Waals surface area contributed by atoms with Crippen molar-refractivity contribution >= 4 is 17.7 Å². The first-order chi connectivity index (χ1) is 7.81. The second-order valence-electron chi connectivity index (χ2n) is 3.24. The molecule has 0 aromatic carbocycles. The van der Waals surface area contributed by atoms with Crippen LogP contribution >= 0.6 is 11.8 Å². The van der Waals surface area contributed by atoms with E-state index in [0.717, 1.165) is 24.5 Å². The van der Waals surface area contributed by atoms with Crippen LogP contribution in [-0.4, -0.2) is 50.8 Å². The molecule has 0 aliphatic heterocycles. The lowest BCUT2D eigenvalue weighted by Gasteiger charge is -2.06. The van der Waals surface area contributed by atoms with Gasteiger partial charge in [-0.2, -0.15) is 11.8 Å². The minimum atomic E-state index is 0.0461. The molecule has 0 atom stereocenters. The van der Waals surface area contributed by atoms with Crippen LogP contribution in [0, 0.1) is 0 Å². The Labute approximate surface area is 102 Å². The smallest absolute Gasteiger partial charge is 0.233 e. The fraction of sp³-hybridized carbons (Fsp3) is 0.727. The first kappa shape index (κ1) is 15.5. The van der Waals surface area contributed by atoms with Crippen LogP contribution < -0.4 is 10.6 Å². The van der Waals surface area contributed by atoms with Gasteiger partial charge in [0.2, 0.25) is 5.91 Å². The quantitative estimate of drug-likeness (QED) is 0.415. The maximum Gasteiger partial charge on any atom is 0.233 e. The molecule has 0 saturated carbocycles. The molecule has 2 N–H and O–H groups in total. The molecular weight excluding hydrogens is 224 g/mol. The number of thioether (sulfide) groups is 1. The zero-order valence-electron chi connectivity index (χ0n) is 9.96. The van der Waals surface area contributed by atoms with Crippen molar-refractivity contribution in [3.63, 3.8) is 0 Å². The summed E-state index contributed by atoms with van der Waals surface area (Å²) >= 11 is 1.80. The van der Waals surface area contributed by atoms with Gasteiger partial charge in [0.15, 0.2) is 0 Å². The highest BCUT2D eigenvalue weighted by Crippen LogP contribution is 1.96. The normalized spacial score (nSPS) is 10.1. The van der Waals surface area contributed by atoms with Crippen molar-refractivity contribution in [2.75, 3.05) is 44.9 Å². The number of carbonyl (C=O) groups is 1. The van der Waals surface area contributed by atoms with Gasteiger partial charge in [-0.15, -0.1) is 6.58 Å². The summed E-state index contributed by atoms with van der Waals surface area (Å²) in [6.45, 7) is 6.25. The first-order valence-corrected chi connectivity index (χ1v) is 6.61. The van der Waals surface area contributed by atoms with Gasteiger partial charge in [0.05, 0.1) is 6.54 Å². The van der Waals surface area contributed by atoms with E-state index in [9.17, 15) is 4.79 Å². The van der Waals surface area contributed by atoms with Crippen LogP contribution in [0.25, 0.3) is 0 Å². The van der Waals surface area contributed by atoms with Crippen molar-refractivity contribution in [2.45, 2.75) is 6.42 Å². The molecule has 0 bridgehead atoms. The van der Waals surface area contributed by atoms with Crippen LogP contribution in [0.3, 0.4) is 0 Å². The van der Waals surface area contributed by atoms with E-state index in [1.54, 1.807) is 18.9 Å². The van der Waals surface area contributed by atoms with Gasteiger partial charge in [0.1, 0.15) is 0 Å². The van der Waals surface area contributed by atoms with E-state index < -0.39 is 0 Å². The Morgan fingerprint density at radius 1 is 1.50 bits per heavy atom. The Balaban J connectivity index is 3.14. The van der Waals surface area contributed by atoms with E-state index in [4.69, 9.17) is 4.74 Å². The largest absolute Gasteiger partial charge is 0.385 e. The molecule has 0 fully saturated rings. The summed E-state index contributed by atoms with van der Waals surface area (Å²) in [7, 11) is 1.66. The Morgan fingerprint density at radius 3 is 3.00 bits per heavy atom. The van der Waals surface area contributed by atoms with Crippen molar-refractivity contribution in [1.29, 1.82) is 0 Å². The average Bonchev–Trinajstić information content (AvgIpc) is 2.29. The number of methoxy groups -OCH3 is 1. The summed E-state index contributed by atoms with van der Waals surface area (Å²) in [4.78, 5) is 11.3. The van der Waals surface area contributed by atoms with Crippen LogP contribution in [0.4, 0.5) is 0 Å². The molecule has 0 radical (unpaired) electrons. The summed E-state index contributed by atoms with van der Waals surface area (Å²) in [5, 5.41) is 5.90. The molecule has 5 heteroatoms. The molecule has 16 heavy (non-hydrogen) atoms. The molecule has 1 amide bonds. The standard InChI is InChI=1S/C11H22N2O2S/c1-3-8-16-9-6-12-10-11(14)13-5-4-7-15-2/h3,12H,1,4-10H2,2H3,(H,13,14). The highest BCUT2D eigenvalue weighted by molar-refractivity contribution is 7.99. The summed E-state index contributed by atoms with van der Waals surface area (Å²) in [5.41, 5.74) is 0. The van der Waals surface area contributed by atoms with E-state index in [2.05, 4.69) is 17.2 Å². The Kier molecular flexibility index (Phi) is 12.1. The maximum absolute atomic E-state index is 11.3. The fourth-order valence-electron chi connectivity index (χ4n) is 1.02. The molecule has 0 rings (SSSR count). The second-order valence-corrected chi connectivity index (χ2v) is 4.39. The van der Waals surface area contributed by atoms with E-state index in [1.807, 2.05) is 6.08 Å². The van der Waals surface area contributed by atoms with Crippen LogP contribution in [0.1, 0.15) is 6.42 Å². The molecule has 0 aromatic heterocycles. The molecular formula is C11H22N2O2S. The lowest BCUT2D eigenvalue weighted by Crippen LogP contribution is -2.35. The van der Waals surface area contributed by atoms with Crippen molar-refractivity contribution in [3.05, 3.63) is 12.7 Å². The van der Waals surface area contributed by atoms with Gasteiger partial charge in [0, 0.05) is 38.3 Å². The van der Waals surface area contributed by atoms with Crippen molar-refractivity contribution < 1.29 is 9.53 Å². The molecule has 0 aromatic rings. The molecule has 0 saturated heterocycles. The van der Waals surface area contributed by atoms with Crippen LogP contribution in [0.15, 0.2) is 12.7 Å². The zero-order chi connectivity index (χ0) is 12.1. The van der Waals surface area contributed by atoms with E-state index >= 15 is 0 Å². The molecule has 0 heterocycles. The van der Waals surface area contributed by atoms with E-state index in [0.29, 0.717) is 19.7 Å². The zero-order valence-corrected chi connectivity index (χ0v) is 10.8. The highest BCUT2D eigenvalue weighted by Gasteiger charge is 1.98. The summed E-state index contributed by atoms with van der Waals surface area (Å²) in [6, 6.07) is 0. The van der Waals surface area contributed by atoms with Gasteiger partial charge in [-0.05, 0) is 6.42 Å². The van der Waals surface area contributed by atoms with Gasteiger partial charge >= 0.3 is 0 Å². The monoisotopic (exact) mass is 246 g/mol. The number of carbonyl (C=O) groups excluding carboxylic acids is 1.